The van der Waals surface area contributed by atoms with Gasteiger partial charge in [0.15, 0.2) is 0 Å². The number of para-hydroxylation sites is 3. The van der Waals surface area contributed by atoms with Crippen LogP contribution in [0.5, 0.6) is 17.2 Å². The van der Waals surface area contributed by atoms with Gasteiger partial charge in [0.05, 0.1) is 6.04 Å². The van der Waals surface area contributed by atoms with Crippen molar-refractivity contribution in [3.8, 4) is 17.2 Å². The molecule has 0 spiro atoms. The summed E-state index contributed by atoms with van der Waals surface area (Å²) in [7, 11) is -3.23. The predicted molar refractivity (Wildman–Crippen MR) is 136 cm³/mol. The standard InChI is InChI=1S/C28H36O4Si/c1-3-5-22-29-23-14-24-33(30-26-17-8-6-9-18-26,31-27-19-10-7-11-20-27)32-28-21-13-12-16-25(28)15-4-2/h6-13,16-21H,3-5,14-15,22-24H2,1-2H3. The van der Waals surface area contributed by atoms with Gasteiger partial charge in [-0.3, -0.25) is 0 Å². The van der Waals surface area contributed by atoms with Crippen LogP contribution in [0.1, 0.15) is 45.1 Å². The minimum Gasteiger partial charge on any atom is -0.483 e. The van der Waals surface area contributed by atoms with Gasteiger partial charge in [-0.15, -0.1) is 0 Å². The Morgan fingerprint density at radius 2 is 1.18 bits per heavy atom. The van der Waals surface area contributed by atoms with Crippen molar-refractivity contribution >= 4 is 8.80 Å². The van der Waals surface area contributed by atoms with Crippen LogP contribution in [-0.2, 0) is 11.2 Å². The van der Waals surface area contributed by atoms with Gasteiger partial charge in [-0.2, -0.15) is 0 Å². The molecule has 5 heteroatoms. The van der Waals surface area contributed by atoms with E-state index in [0.717, 1.165) is 56.0 Å². The molecule has 0 aliphatic carbocycles. The Morgan fingerprint density at radius 1 is 0.606 bits per heavy atom. The zero-order chi connectivity index (χ0) is 23.2. The van der Waals surface area contributed by atoms with Crippen molar-refractivity contribution in [1.29, 1.82) is 0 Å². The topological polar surface area (TPSA) is 36.9 Å². The lowest BCUT2D eigenvalue weighted by molar-refractivity contribution is 0.128. The lowest BCUT2D eigenvalue weighted by atomic mass is 10.1. The first kappa shape index (κ1) is 24.9. The smallest absolute Gasteiger partial charge is 0.483 e. The first-order valence-electron chi connectivity index (χ1n) is 12.1. The van der Waals surface area contributed by atoms with Crippen molar-refractivity contribution in [3.05, 3.63) is 90.5 Å². The molecule has 0 atom stereocenters. The summed E-state index contributed by atoms with van der Waals surface area (Å²) < 4.78 is 25.8. The minimum atomic E-state index is -3.23. The van der Waals surface area contributed by atoms with Crippen molar-refractivity contribution in [3.63, 3.8) is 0 Å². The molecule has 0 unspecified atom stereocenters. The second kappa shape index (κ2) is 13.7. The third kappa shape index (κ3) is 8.26. The van der Waals surface area contributed by atoms with Crippen LogP contribution in [0, 0.1) is 0 Å². The van der Waals surface area contributed by atoms with Crippen LogP contribution >= 0.6 is 0 Å². The Hall–Kier alpha value is -2.76. The van der Waals surface area contributed by atoms with E-state index < -0.39 is 8.80 Å². The summed E-state index contributed by atoms with van der Waals surface area (Å²) in [6.45, 7) is 5.79. The van der Waals surface area contributed by atoms with Crippen LogP contribution in [0.4, 0.5) is 0 Å². The Balaban J connectivity index is 1.90. The number of hydrogen-bond donors (Lipinski definition) is 0. The minimum absolute atomic E-state index is 0.642. The Labute approximate surface area is 199 Å². The average Bonchev–Trinajstić information content (AvgIpc) is 2.84. The van der Waals surface area contributed by atoms with E-state index in [1.54, 1.807) is 0 Å². The Kier molecular flexibility index (Phi) is 10.3. The Bertz CT molecular complexity index is 876. The van der Waals surface area contributed by atoms with Crippen LogP contribution in [0.3, 0.4) is 0 Å². The number of unbranched alkanes of at least 4 members (excludes halogenated alkanes) is 1. The van der Waals surface area contributed by atoms with Crippen LogP contribution < -0.4 is 13.3 Å². The van der Waals surface area contributed by atoms with Gasteiger partial charge in [0.2, 0.25) is 0 Å². The molecule has 0 aliphatic heterocycles. The van der Waals surface area contributed by atoms with Gasteiger partial charge < -0.3 is 18.0 Å². The van der Waals surface area contributed by atoms with Crippen molar-refractivity contribution in [2.24, 2.45) is 0 Å². The fourth-order valence-electron chi connectivity index (χ4n) is 3.54. The van der Waals surface area contributed by atoms with E-state index in [-0.39, 0.29) is 0 Å². The van der Waals surface area contributed by atoms with Crippen molar-refractivity contribution in [1.82, 2.24) is 0 Å². The zero-order valence-electron chi connectivity index (χ0n) is 19.9. The van der Waals surface area contributed by atoms with E-state index in [0.29, 0.717) is 12.7 Å². The van der Waals surface area contributed by atoms with Gasteiger partial charge >= 0.3 is 8.80 Å². The van der Waals surface area contributed by atoms with E-state index in [2.05, 4.69) is 26.0 Å². The second-order valence-electron chi connectivity index (χ2n) is 8.04. The van der Waals surface area contributed by atoms with Crippen LogP contribution in [0.2, 0.25) is 6.04 Å². The molecular formula is C28H36O4Si. The molecule has 0 radical (unpaired) electrons. The first-order valence-corrected chi connectivity index (χ1v) is 14.0. The lowest BCUT2D eigenvalue weighted by Gasteiger charge is -2.31. The highest BCUT2D eigenvalue weighted by molar-refractivity contribution is 6.63. The van der Waals surface area contributed by atoms with Crippen LogP contribution in [-0.4, -0.2) is 22.0 Å². The fraction of sp³-hybridized carbons (Fsp3) is 0.357. The van der Waals surface area contributed by atoms with Gasteiger partial charge in [0.25, 0.3) is 0 Å². The predicted octanol–water partition coefficient (Wildman–Crippen LogP) is 7.32. The molecule has 0 bridgehead atoms. The molecule has 0 heterocycles. The maximum Gasteiger partial charge on any atom is 0.699 e. The van der Waals surface area contributed by atoms with Crippen LogP contribution in [0.15, 0.2) is 84.9 Å². The van der Waals surface area contributed by atoms with Gasteiger partial charge in [-0.25, -0.2) is 0 Å². The summed E-state index contributed by atoms with van der Waals surface area (Å²) in [6.07, 6.45) is 4.98. The summed E-state index contributed by atoms with van der Waals surface area (Å²) in [4.78, 5) is 0. The first-order chi connectivity index (χ1) is 16.2. The second-order valence-corrected chi connectivity index (χ2v) is 10.5. The number of benzene rings is 3. The summed E-state index contributed by atoms with van der Waals surface area (Å²) in [5.74, 6) is 2.34. The number of aryl methyl sites for hydroxylation is 1. The molecular weight excluding hydrogens is 428 g/mol. The highest BCUT2D eigenvalue weighted by Crippen LogP contribution is 2.30. The molecule has 3 rings (SSSR count). The highest BCUT2D eigenvalue weighted by atomic mass is 28.4. The summed E-state index contributed by atoms with van der Waals surface area (Å²) >= 11 is 0. The van der Waals surface area contributed by atoms with E-state index in [4.69, 9.17) is 18.0 Å². The van der Waals surface area contributed by atoms with E-state index in [1.807, 2.05) is 72.8 Å². The van der Waals surface area contributed by atoms with E-state index in [9.17, 15) is 0 Å². The molecule has 0 fully saturated rings. The van der Waals surface area contributed by atoms with E-state index >= 15 is 0 Å². The van der Waals surface area contributed by atoms with Gasteiger partial charge in [-0.1, -0.05) is 81.3 Å². The maximum atomic E-state index is 6.76. The van der Waals surface area contributed by atoms with Crippen molar-refractivity contribution < 1.29 is 18.0 Å². The molecule has 0 saturated heterocycles. The quantitative estimate of drug-likeness (QED) is 0.174. The lowest BCUT2D eigenvalue weighted by Crippen LogP contribution is -2.55. The Morgan fingerprint density at radius 3 is 1.79 bits per heavy atom. The molecule has 4 nitrogen and oxygen atoms in total. The number of rotatable bonds is 15. The monoisotopic (exact) mass is 464 g/mol. The zero-order valence-corrected chi connectivity index (χ0v) is 20.9. The molecule has 3 aromatic rings. The van der Waals surface area contributed by atoms with Gasteiger partial charge in [0.1, 0.15) is 17.2 Å². The number of hydrogen-bond acceptors (Lipinski definition) is 4. The third-order valence-corrected chi connectivity index (χ3v) is 7.79. The molecule has 0 amide bonds. The molecule has 33 heavy (non-hydrogen) atoms. The average molecular weight is 465 g/mol. The summed E-state index contributed by atoms with van der Waals surface area (Å²) in [6, 6.07) is 28.5. The van der Waals surface area contributed by atoms with Gasteiger partial charge in [-0.05, 0) is 55.2 Å². The molecule has 176 valence electrons. The SMILES string of the molecule is CCCCOCCC[Si](Oc1ccccc1)(Oc1ccccc1)Oc1ccccc1CCC. The third-order valence-electron chi connectivity index (χ3n) is 5.20. The van der Waals surface area contributed by atoms with Crippen LogP contribution in [0.25, 0.3) is 0 Å². The van der Waals surface area contributed by atoms with Gasteiger partial charge in [0, 0.05) is 13.2 Å². The fourth-order valence-corrected chi connectivity index (χ4v) is 6.07. The summed E-state index contributed by atoms with van der Waals surface area (Å²) in [5, 5.41) is 0. The maximum absolute atomic E-state index is 6.76. The summed E-state index contributed by atoms with van der Waals surface area (Å²) in [5.41, 5.74) is 1.17. The van der Waals surface area contributed by atoms with E-state index in [1.165, 1.54) is 5.56 Å². The highest BCUT2D eigenvalue weighted by Gasteiger charge is 2.49. The molecule has 0 aromatic heterocycles. The normalized spacial score (nSPS) is 11.2. The molecule has 0 aliphatic rings. The molecule has 3 aromatic carbocycles. The van der Waals surface area contributed by atoms with Crippen molar-refractivity contribution in [2.45, 2.75) is 52.0 Å². The molecule has 0 N–H and O–H groups in total. The number of ether oxygens (including phenoxy) is 1. The van der Waals surface area contributed by atoms with Crippen molar-refractivity contribution in [2.75, 3.05) is 13.2 Å². The molecule has 0 saturated carbocycles. The largest absolute Gasteiger partial charge is 0.699 e.